The lowest BCUT2D eigenvalue weighted by atomic mass is 9.83. The van der Waals surface area contributed by atoms with Gasteiger partial charge >= 0.3 is 0 Å². The molecule has 2 rings (SSSR count). The van der Waals surface area contributed by atoms with Gasteiger partial charge in [0.05, 0.1) is 30.8 Å². The second-order valence-electron chi connectivity index (χ2n) is 8.65. The summed E-state index contributed by atoms with van der Waals surface area (Å²) in [6, 6.07) is 10.1. The van der Waals surface area contributed by atoms with E-state index in [4.69, 9.17) is 9.16 Å². The highest BCUT2D eigenvalue weighted by molar-refractivity contribution is 6.74. The van der Waals surface area contributed by atoms with E-state index >= 15 is 0 Å². The summed E-state index contributed by atoms with van der Waals surface area (Å²) >= 11 is 0. The summed E-state index contributed by atoms with van der Waals surface area (Å²) in [5, 5.41) is 3.14. The average molecular weight is 364 g/mol. The molecule has 1 N–H and O–H groups in total. The number of nitrogens with one attached hydrogen (secondary N) is 1. The van der Waals surface area contributed by atoms with Gasteiger partial charge in [-0.2, -0.15) is 0 Å². The third kappa shape index (κ3) is 4.71. The minimum absolute atomic E-state index is 0.0102. The highest BCUT2D eigenvalue weighted by Crippen LogP contribution is 2.39. The molecule has 1 aliphatic rings. The van der Waals surface area contributed by atoms with Gasteiger partial charge in [-0.3, -0.25) is 4.79 Å². The molecule has 1 aliphatic heterocycles. The highest BCUT2D eigenvalue weighted by Gasteiger charge is 2.49. The van der Waals surface area contributed by atoms with Gasteiger partial charge < -0.3 is 14.5 Å². The highest BCUT2D eigenvalue weighted by atomic mass is 28.4. The van der Waals surface area contributed by atoms with Gasteiger partial charge in [0.2, 0.25) is 5.91 Å². The minimum atomic E-state index is -1.90. The maximum Gasteiger partial charge on any atom is 0.228 e. The van der Waals surface area contributed by atoms with Crippen LogP contribution in [0, 0.1) is 5.92 Å². The topological polar surface area (TPSA) is 47.6 Å². The number of carbonyl (C=O) groups excluding carboxylic acids is 1. The Kier molecular flexibility index (Phi) is 6.12. The predicted octanol–water partition coefficient (Wildman–Crippen LogP) is 4.12. The smallest absolute Gasteiger partial charge is 0.228 e. The molecule has 1 aromatic rings. The maximum absolute atomic E-state index is 12.2. The van der Waals surface area contributed by atoms with Crippen LogP contribution in [-0.2, 0) is 20.6 Å². The molecule has 1 fully saturated rings. The molecule has 0 unspecified atom stereocenters. The summed E-state index contributed by atoms with van der Waals surface area (Å²) in [5.74, 6) is -0.0636. The molecule has 0 radical (unpaired) electrons. The van der Waals surface area contributed by atoms with Crippen molar-refractivity contribution in [3.05, 3.63) is 35.9 Å². The van der Waals surface area contributed by atoms with Gasteiger partial charge in [-0.1, -0.05) is 51.1 Å². The van der Waals surface area contributed by atoms with E-state index in [2.05, 4.69) is 39.2 Å². The van der Waals surface area contributed by atoms with Crippen LogP contribution < -0.4 is 5.32 Å². The van der Waals surface area contributed by atoms with Gasteiger partial charge in [0.1, 0.15) is 0 Å². The predicted molar refractivity (Wildman–Crippen MR) is 104 cm³/mol. The maximum atomic E-state index is 12.2. The Morgan fingerprint density at radius 2 is 1.72 bits per heavy atom. The first-order valence-electron chi connectivity index (χ1n) is 9.16. The molecule has 0 bridgehead atoms. The number of rotatable bonds is 7. The summed E-state index contributed by atoms with van der Waals surface area (Å²) < 4.78 is 12.4. The molecule has 1 aromatic carbocycles. The normalized spacial score (nSPS) is 23.6. The number of carbonyl (C=O) groups is 1. The van der Waals surface area contributed by atoms with E-state index < -0.39 is 8.32 Å². The van der Waals surface area contributed by atoms with Crippen molar-refractivity contribution in [3.8, 4) is 0 Å². The molecule has 5 heteroatoms. The SMILES string of the molecule is C[C@H](OCc1ccccc1)[C@H]1NC(=O)[C@@H]1[C@@H](C)O[Si](C)(C)C(C)(C)C. The minimum Gasteiger partial charge on any atom is -0.413 e. The Hall–Kier alpha value is -1.17. The molecule has 0 aliphatic carbocycles. The van der Waals surface area contributed by atoms with E-state index in [-0.39, 0.29) is 35.1 Å². The van der Waals surface area contributed by atoms with E-state index in [1.165, 1.54) is 0 Å². The van der Waals surface area contributed by atoms with Crippen molar-refractivity contribution in [3.63, 3.8) is 0 Å². The molecule has 25 heavy (non-hydrogen) atoms. The van der Waals surface area contributed by atoms with Crippen LogP contribution >= 0.6 is 0 Å². The number of hydrogen-bond donors (Lipinski definition) is 1. The van der Waals surface area contributed by atoms with Crippen LogP contribution in [0.4, 0.5) is 0 Å². The van der Waals surface area contributed by atoms with Crippen molar-refractivity contribution in [1.29, 1.82) is 0 Å². The van der Waals surface area contributed by atoms with Crippen molar-refractivity contribution in [2.45, 2.75) is 77.6 Å². The summed E-state index contributed by atoms with van der Waals surface area (Å²) in [6.07, 6.45) is -0.143. The first kappa shape index (κ1) is 20.1. The molecule has 0 saturated carbocycles. The summed E-state index contributed by atoms with van der Waals surface area (Å²) in [6.45, 7) is 15.7. The van der Waals surface area contributed by atoms with Crippen molar-refractivity contribution >= 4 is 14.2 Å². The van der Waals surface area contributed by atoms with Gasteiger partial charge in [0, 0.05) is 0 Å². The third-order valence-corrected chi connectivity index (χ3v) is 10.2. The lowest BCUT2D eigenvalue weighted by Crippen LogP contribution is -2.67. The standard InChI is InChI=1S/C20H33NO3Si/c1-14(24-25(6,7)20(3,4)5)17-18(21-19(17)22)15(2)23-13-16-11-9-8-10-12-16/h8-12,14-15,17-18H,13H2,1-7H3,(H,21,22)/t14-,15+,17-,18-/m1/s1. The monoisotopic (exact) mass is 363 g/mol. The first-order valence-corrected chi connectivity index (χ1v) is 12.1. The Labute approximate surface area is 153 Å². The van der Waals surface area contributed by atoms with Crippen LogP contribution in [0.1, 0.15) is 40.2 Å². The molecule has 1 amide bonds. The van der Waals surface area contributed by atoms with Crippen LogP contribution in [0.2, 0.25) is 18.1 Å². The second-order valence-corrected chi connectivity index (χ2v) is 13.4. The lowest BCUT2D eigenvalue weighted by Gasteiger charge is -2.47. The number of ether oxygens (including phenoxy) is 1. The van der Waals surface area contributed by atoms with Gasteiger partial charge in [-0.25, -0.2) is 0 Å². The fourth-order valence-corrected chi connectivity index (χ4v) is 4.38. The first-order chi connectivity index (χ1) is 11.5. The molecule has 0 spiro atoms. The average Bonchev–Trinajstić information content (AvgIpc) is 2.49. The van der Waals surface area contributed by atoms with E-state index in [9.17, 15) is 4.79 Å². The van der Waals surface area contributed by atoms with E-state index in [1.807, 2.05) is 44.2 Å². The van der Waals surface area contributed by atoms with Crippen LogP contribution in [0.25, 0.3) is 0 Å². The summed E-state index contributed by atoms with van der Waals surface area (Å²) in [7, 11) is -1.90. The molecule has 1 saturated heterocycles. The molecular weight excluding hydrogens is 330 g/mol. The van der Waals surface area contributed by atoms with Crippen LogP contribution in [0.5, 0.6) is 0 Å². The van der Waals surface area contributed by atoms with Crippen LogP contribution in [-0.4, -0.2) is 32.5 Å². The Bertz CT molecular complexity index is 582. The zero-order valence-electron chi connectivity index (χ0n) is 16.6. The fraction of sp³-hybridized carbons (Fsp3) is 0.650. The third-order valence-electron chi connectivity index (χ3n) is 5.65. The van der Waals surface area contributed by atoms with Crippen molar-refractivity contribution in [2.75, 3.05) is 0 Å². The number of β-lactam (4-membered cyclic amide) rings is 1. The van der Waals surface area contributed by atoms with Crippen molar-refractivity contribution < 1.29 is 14.0 Å². The molecule has 1 heterocycles. The van der Waals surface area contributed by atoms with Gasteiger partial charge in [0.25, 0.3) is 0 Å². The Morgan fingerprint density at radius 3 is 2.24 bits per heavy atom. The van der Waals surface area contributed by atoms with Gasteiger partial charge in [-0.15, -0.1) is 0 Å². The van der Waals surface area contributed by atoms with E-state index in [0.717, 1.165) is 5.56 Å². The molecule has 4 atom stereocenters. The zero-order chi connectivity index (χ0) is 18.8. The fourth-order valence-electron chi connectivity index (χ4n) is 2.95. The van der Waals surface area contributed by atoms with Crippen LogP contribution in [0.3, 0.4) is 0 Å². The summed E-state index contributed by atoms with van der Waals surface area (Å²) in [4.78, 5) is 12.2. The molecule has 0 aromatic heterocycles. The van der Waals surface area contributed by atoms with Gasteiger partial charge in [-0.05, 0) is 37.5 Å². The second kappa shape index (κ2) is 7.60. The van der Waals surface area contributed by atoms with Gasteiger partial charge in [0.15, 0.2) is 8.32 Å². The summed E-state index contributed by atoms with van der Waals surface area (Å²) in [5.41, 5.74) is 1.14. The molecule has 4 nitrogen and oxygen atoms in total. The number of hydrogen-bond acceptors (Lipinski definition) is 3. The largest absolute Gasteiger partial charge is 0.413 e. The Morgan fingerprint density at radius 1 is 1.12 bits per heavy atom. The quantitative estimate of drug-likeness (QED) is 0.586. The molecule has 140 valence electrons. The Balaban J connectivity index is 1.94. The zero-order valence-corrected chi connectivity index (χ0v) is 17.6. The lowest BCUT2D eigenvalue weighted by molar-refractivity contribution is -0.147. The molecular formula is C20H33NO3Si. The van der Waals surface area contributed by atoms with E-state index in [0.29, 0.717) is 6.61 Å². The number of benzene rings is 1. The van der Waals surface area contributed by atoms with Crippen LogP contribution in [0.15, 0.2) is 30.3 Å². The van der Waals surface area contributed by atoms with E-state index in [1.54, 1.807) is 0 Å². The van der Waals surface area contributed by atoms with Crippen molar-refractivity contribution in [1.82, 2.24) is 5.32 Å². The van der Waals surface area contributed by atoms with Crippen molar-refractivity contribution in [2.24, 2.45) is 5.92 Å². The number of amides is 1.